The van der Waals surface area contributed by atoms with E-state index < -0.39 is 18.0 Å². The van der Waals surface area contributed by atoms with E-state index in [-0.39, 0.29) is 23.8 Å². The largest absolute Gasteiger partial charge is 0.461 e. The summed E-state index contributed by atoms with van der Waals surface area (Å²) in [7, 11) is 0. The van der Waals surface area contributed by atoms with Crippen LogP contribution in [0, 0.1) is 19.8 Å². The van der Waals surface area contributed by atoms with Gasteiger partial charge in [0.1, 0.15) is 5.69 Å². The van der Waals surface area contributed by atoms with Crippen LogP contribution in [0.2, 0.25) is 0 Å². The van der Waals surface area contributed by atoms with Gasteiger partial charge in [-0.2, -0.15) is 0 Å². The number of nitrogens with one attached hydrogen (secondary N) is 1. The van der Waals surface area contributed by atoms with Crippen LogP contribution in [0.25, 0.3) is 0 Å². The lowest BCUT2D eigenvalue weighted by Crippen LogP contribution is -2.44. The number of carbonyl (C=O) groups excluding carboxylic acids is 3. The van der Waals surface area contributed by atoms with E-state index in [1.54, 1.807) is 32.6 Å². The molecule has 0 saturated carbocycles. The second-order valence-electron chi connectivity index (χ2n) is 6.92. The van der Waals surface area contributed by atoms with Crippen LogP contribution >= 0.6 is 0 Å². The Morgan fingerprint density at radius 3 is 2.58 bits per heavy atom. The number of aryl methyl sites for hydroxylation is 1. The molecule has 2 rings (SSSR count). The minimum Gasteiger partial charge on any atom is -0.461 e. The first-order valence-corrected chi connectivity index (χ1v) is 9.12. The monoisotopic (exact) mass is 364 g/mol. The second-order valence-corrected chi connectivity index (χ2v) is 6.92. The Labute approximate surface area is 154 Å². The summed E-state index contributed by atoms with van der Waals surface area (Å²) >= 11 is 0. The van der Waals surface area contributed by atoms with Crippen LogP contribution in [-0.2, 0) is 14.3 Å². The third-order valence-corrected chi connectivity index (χ3v) is 4.72. The number of aromatic nitrogens is 1. The zero-order chi connectivity index (χ0) is 19.4. The summed E-state index contributed by atoms with van der Waals surface area (Å²) in [5.74, 6) is -0.852. The number of likely N-dealkylation sites (tertiary alicyclic amines) is 1. The minimum atomic E-state index is -0.868. The van der Waals surface area contributed by atoms with E-state index in [9.17, 15) is 14.4 Å². The standard InChI is InChI=1S/C19H28N2O5/c1-6-25-19(24)16-12(3)15(13(4)20-16)18(23)26-14(5)17(22)21-9-7-8-11(2)10-21/h11,14,20H,6-10H2,1-5H3/t11-,14+/m1/s1. The first-order valence-electron chi connectivity index (χ1n) is 9.12. The normalized spacial score (nSPS) is 18.3. The van der Waals surface area contributed by atoms with E-state index >= 15 is 0 Å². The molecule has 2 atom stereocenters. The van der Waals surface area contributed by atoms with Gasteiger partial charge < -0.3 is 19.4 Å². The van der Waals surface area contributed by atoms with Gasteiger partial charge in [-0.3, -0.25) is 4.79 Å². The molecule has 0 unspecified atom stereocenters. The molecule has 2 heterocycles. The average molecular weight is 364 g/mol. The maximum Gasteiger partial charge on any atom is 0.355 e. The molecule has 1 aromatic rings. The van der Waals surface area contributed by atoms with Crippen LogP contribution in [0.3, 0.4) is 0 Å². The SMILES string of the molecule is CCOC(=O)c1[nH]c(C)c(C(=O)O[C@@H](C)C(=O)N2CCC[C@@H](C)C2)c1C. The van der Waals surface area contributed by atoms with Crippen LogP contribution in [0.1, 0.15) is 65.7 Å². The van der Waals surface area contributed by atoms with Crippen molar-refractivity contribution in [1.82, 2.24) is 9.88 Å². The number of hydrogen-bond acceptors (Lipinski definition) is 5. The van der Waals surface area contributed by atoms with Gasteiger partial charge in [-0.15, -0.1) is 0 Å². The van der Waals surface area contributed by atoms with Crippen molar-refractivity contribution in [2.75, 3.05) is 19.7 Å². The molecule has 0 bridgehead atoms. The number of ether oxygens (including phenoxy) is 2. The van der Waals surface area contributed by atoms with E-state index in [1.165, 1.54) is 0 Å². The van der Waals surface area contributed by atoms with Crippen LogP contribution in [0.15, 0.2) is 0 Å². The van der Waals surface area contributed by atoms with Gasteiger partial charge in [0, 0.05) is 18.8 Å². The molecule has 1 aromatic heterocycles. The lowest BCUT2D eigenvalue weighted by Gasteiger charge is -2.32. The molecule has 7 heteroatoms. The Hall–Kier alpha value is -2.31. The molecule has 0 spiro atoms. The van der Waals surface area contributed by atoms with Crippen molar-refractivity contribution in [3.63, 3.8) is 0 Å². The van der Waals surface area contributed by atoms with Crippen LogP contribution in [-0.4, -0.2) is 53.5 Å². The number of amides is 1. The third-order valence-electron chi connectivity index (χ3n) is 4.72. The van der Waals surface area contributed by atoms with Gasteiger partial charge in [0.15, 0.2) is 6.10 Å². The Morgan fingerprint density at radius 1 is 1.27 bits per heavy atom. The van der Waals surface area contributed by atoms with Gasteiger partial charge >= 0.3 is 11.9 Å². The molecular formula is C19H28N2O5. The Bertz CT molecular complexity index is 694. The number of rotatable bonds is 5. The molecular weight excluding hydrogens is 336 g/mol. The number of aromatic amines is 1. The van der Waals surface area contributed by atoms with Crippen molar-refractivity contribution < 1.29 is 23.9 Å². The van der Waals surface area contributed by atoms with E-state index in [0.717, 1.165) is 12.8 Å². The van der Waals surface area contributed by atoms with E-state index in [1.807, 2.05) is 0 Å². The maximum absolute atomic E-state index is 12.6. The van der Waals surface area contributed by atoms with Gasteiger partial charge in [-0.1, -0.05) is 6.92 Å². The molecule has 1 N–H and O–H groups in total. The van der Waals surface area contributed by atoms with Crippen molar-refractivity contribution in [2.24, 2.45) is 5.92 Å². The number of esters is 2. The molecule has 7 nitrogen and oxygen atoms in total. The van der Waals surface area contributed by atoms with Gasteiger partial charge in [0.25, 0.3) is 5.91 Å². The fourth-order valence-corrected chi connectivity index (χ4v) is 3.38. The predicted molar refractivity (Wildman–Crippen MR) is 96.1 cm³/mol. The fraction of sp³-hybridized carbons (Fsp3) is 0.632. The molecule has 1 aliphatic rings. The van der Waals surface area contributed by atoms with E-state index in [0.29, 0.717) is 30.3 Å². The van der Waals surface area contributed by atoms with Gasteiger partial charge in [-0.25, -0.2) is 9.59 Å². The van der Waals surface area contributed by atoms with Gasteiger partial charge in [0.2, 0.25) is 0 Å². The smallest absolute Gasteiger partial charge is 0.355 e. The summed E-state index contributed by atoms with van der Waals surface area (Å²) in [5, 5.41) is 0. The highest BCUT2D eigenvalue weighted by molar-refractivity contribution is 5.99. The van der Waals surface area contributed by atoms with Crippen LogP contribution < -0.4 is 0 Å². The quantitative estimate of drug-likeness (QED) is 0.811. The van der Waals surface area contributed by atoms with Crippen molar-refractivity contribution in [3.05, 3.63) is 22.5 Å². The molecule has 144 valence electrons. The average Bonchev–Trinajstić information content (AvgIpc) is 2.89. The van der Waals surface area contributed by atoms with Crippen molar-refractivity contribution >= 4 is 17.8 Å². The second kappa shape index (κ2) is 8.38. The predicted octanol–water partition coefficient (Wildman–Crippen LogP) is 2.61. The molecule has 1 saturated heterocycles. The first kappa shape index (κ1) is 20.0. The number of nitrogens with zero attached hydrogens (tertiary/aromatic N) is 1. The topological polar surface area (TPSA) is 88.7 Å². The summed E-state index contributed by atoms with van der Waals surface area (Å²) in [5.41, 5.74) is 1.50. The summed E-state index contributed by atoms with van der Waals surface area (Å²) < 4.78 is 10.4. The summed E-state index contributed by atoms with van der Waals surface area (Å²) in [6, 6.07) is 0. The summed E-state index contributed by atoms with van der Waals surface area (Å²) in [4.78, 5) is 41.7. The van der Waals surface area contributed by atoms with E-state index in [4.69, 9.17) is 9.47 Å². The van der Waals surface area contributed by atoms with Crippen LogP contribution in [0.5, 0.6) is 0 Å². The molecule has 1 amide bonds. The zero-order valence-electron chi connectivity index (χ0n) is 16.2. The Balaban J connectivity index is 2.09. The Kier molecular flexibility index (Phi) is 6.45. The number of piperidine rings is 1. The number of hydrogen-bond donors (Lipinski definition) is 1. The molecule has 26 heavy (non-hydrogen) atoms. The lowest BCUT2D eigenvalue weighted by molar-refractivity contribution is -0.141. The molecule has 1 aliphatic heterocycles. The summed E-state index contributed by atoms with van der Waals surface area (Å²) in [6.45, 7) is 10.4. The molecule has 0 aromatic carbocycles. The molecule has 0 aliphatic carbocycles. The lowest BCUT2D eigenvalue weighted by atomic mass is 10.00. The first-order chi connectivity index (χ1) is 12.3. The third kappa shape index (κ3) is 4.26. The van der Waals surface area contributed by atoms with Crippen molar-refractivity contribution in [2.45, 2.75) is 53.6 Å². The van der Waals surface area contributed by atoms with E-state index in [2.05, 4.69) is 11.9 Å². The maximum atomic E-state index is 12.6. The fourth-order valence-electron chi connectivity index (χ4n) is 3.38. The van der Waals surface area contributed by atoms with Crippen molar-refractivity contribution in [3.8, 4) is 0 Å². The number of H-pyrrole nitrogens is 1. The minimum absolute atomic E-state index is 0.179. The zero-order valence-corrected chi connectivity index (χ0v) is 16.2. The highest BCUT2D eigenvalue weighted by Crippen LogP contribution is 2.21. The highest BCUT2D eigenvalue weighted by Gasteiger charge is 2.30. The number of carbonyl (C=O) groups is 3. The Morgan fingerprint density at radius 2 is 1.96 bits per heavy atom. The van der Waals surface area contributed by atoms with Crippen molar-refractivity contribution in [1.29, 1.82) is 0 Å². The summed E-state index contributed by atoms with van der Waals surface area (Å²) in [6.07, 6.45) is 1.20. The van der Waals surface area contributed by atoms with Gasteiger partial charge in [-0.05, 0) is 52.0 Å². The van der Waals surface area contributed by atoms with Crippen LogP contribution in [0.4, 0.5) is 0 Å². The highest BCUT2D eigenvalue weighted by atomic mass is 16.5. The van der Waals surface area contributed by atoms with Gasteiger partial charge in [0.05, 0.1) is 12.2 Å². The molecule has 1 fully saturated rings. The molecule has 0 radical (unpaired) electrons.